The lowest BCUT2D eigenvalue weighted by Crippen LogP contribution is -2.33. The summed E-state index contributed by atoms with van der Waals surface area (Å²) < 4.78 is 3.21. The van der Waals surface area contributed by atoms with Gasteiger partial charge in [0.2, 0.25) is 0 Å². The maximum absolute atomic E-state index is 4.52. The summed E-state index contributed by atoms with van der Waals surface area (Å²) in [5, 5.41) is 10.3. The second kappa shape index (κ2) is 6.87. The second-order valence-corrected chi connectivity index (χ2v) is 6.98. The van der Waals surface area contributed by atoms with Gasteiger partial charge in [-0.25, -0.2) is 0 Å². The zero-order valence-corrected chi connectivity index (χ0v) is 14.9. The molecule has 1 atom stereocenters. The van der Waals surface area contributed by atoms with Crippen molar-refractivity contribution >= 4 is 27.3 Å². The second-order valence-electron chi connectivity index (χ2n) is 5.13. The van der Waals surface area contributed by atoms with Crippen LogP contribution in [0.1, 0.15) is 28.8 Å². The molecule has 0 amide bonds. The zero-order chi connectivity index (χ0) is 14.7. The highest BCUT2D eigenvalue weighted by Gasteiger charge is 2.17. The summed E-state index contributed by atoms with van der Waals surface area (Å²) in [6, 6.07) is 2.58. The van der Waals surface area contributed by atoms with E-state index in [1.807, 2.05) is 23.1 Å². The lowest BCUT2D eigenvalue weighted by molar-refractivity contribution is 0.522. The summed E-state index contributed by atoms with van der Waals surface area (Å²) in [6.45, 7) is 7.41. The molecule has 3 nitrogen and oxygen atoms in total. The lowest BCUT2D eigenvalue weighted by atomic mass is 10.0. The first-order valence-corrected chi connectivity index (χ1v) is 8.64. The number of likely N-dealkylation sites (N-methyl/N-ethyl adjacent to an activating group) is 1. The standard InChI is InChI=1S/C15H22BrN3S/c1-5-17-12(9-15-14(16)6-7-20-15)8-13-10(2)18-19(4)11(13)3/h6-7,12,17H,5,8-9H2,1-4H3. The largest absolute Gasteiger partial charge is 0.314 e. The lowest BCUT2D eigenvalue weighted by Gasteiger charge is -2.18. The fourth-order valence-electron chi connectivity index (χ4n) is 2.56. The molecular weight excluding hydrogens is 334 g/mol. The number of aryl methyl sites for hydroxylation is 2. The summed E-state index contributed by atoms with van der Waals surface area (Å²) in [4.78, 5) is 1.41. The molecule has 0 aliphatic heterocycles. The molecule has 2 aromatic heterocycles. The molecule has 0 saturated carbocycles. The van der Waals surface area contributed by atoms with Gasteiger partial charge < -0.3 is 5.32 Å². The van der Waals surface area contributed by atoms with Crippen molar-refractivity contribution in [1.29, 1.82) is 0 Å². The molecule has 20 heavy (non-hydrogen) atoms. The van der Waals surface area contributed by atoms with Crippen molar-refractivity contribution in [2.75, 3.05) is 6.54 Å². The van der Waals surface area contributed by atoms with Crippen molar-refractivity contribution in [3.8, 4) is 0 Å². The number of thiophene rings is 1. The van der Waals surface area contributed by atoms with Gasteiger partial charge >= 0.3 is 0 Å². The zero-order valence-electron chi connectivity index (χ0n) is 12.5. The Hall–Kier alpha value is -0.650. The maximum atomic E-state index is 4.52. The van der Waals surface area contributed by atoms with Crippen LogP contribution < -0.4 is 5.32 Å². The van der Waals surface area contributed by atoms with E-state index in [9.17, 15) is 0 Å². The van der Waals surface area contributed by atoms with Gasteiger partial charge in [0.1, 0.15) is 0 Å². The van der Waals surface area contributed by atoms with Gasteiger partial charge in [-0.1, -0.05) is 6.92 Å². The van der Waals surface area contributed by atoms with Crippen LogP contribution in [0.5, 0.6) is 0 Å². The van der Waals surface area contributed by atoms with Crippen LogP contribution in [0.3, 0.4) is 0 Å². The number of nitrogens with zero attached hydrogens (tertiary/aromatic N) is 2. The number of hydrogen-bond donors (Lipinski definition) is 1. The van der Waals surface area contributed by atoms with E-state index >= 15 is 0 Å². The first-order valence-electron chi connectivity index (χ1n) is 6.97. The van der Waals surface area contributed by atoms with E-state index in [-0.39, 0.29) is 0 Å². The third kappa shape index (κ3) is 3.51. The molecular formula is C15H22BrN3S. The number of hydrogen-bond acceptors (Lipinski definition) is 3. The van der Waals surface area contributed by atoms with E-state index in [1.54, 1.807) is 0 Å². The Morgan fingerprint density at radius 1 is 1.40 bits per heavy atom. The van der Waals surface area contributed by atoms with Gasteiger partial charge in [-0.2, -0.15) is 5.10 Å². The van der Waals surface area contributed by atoms with Crippen LogP contribution in [0.2, 0.25) is 0 Å². The van der Waals surface area contributed by atoms with Gasteiger partial charge in [-0.05, 0) is 66.2 Å². The molecule has 2 aromatic rings. The maximum Gasteiger partial charge on any atom is 0.0628 e. The van der Waals surface area contributed by atoms with Gasteiger partial charge in [0, 0.05) is 28.1 Å². The smallest absolute Gasteiger partial charge is 0.0628 e. The van der Waals surface area contributed by atoms with Gasteiger partial charge in [-0.15, -0.1) is 11.3 Å². The highest BCUT2D eigenvalue weighted by atomic mass is 79.9. The predicted molar refractivity (Wildman–Crippen MR) is 89.6 cm³/mol. The minimum Gasteiger partial charge on any atom is -0.314 e. The van der Waals surface area contributed by atoms with Gasteiger partial charge in [0.15, 0.2) is 0 Å². The Balaban J connectivity index is 2.15. The molecule has 1 unspecified atom stereocenters. The Morgan fingerprint density at radius 3 is 2.65 bits per heavy atom. The molecule has 110 valence electrons. The molecule has 0 fully saturated rings. The highest BCUT2D eigenvalue weighted by Crippen LogP contribution is 2.25. The van der Waals surface area contributed by atoms with Crippen molar-refractivity contribution in [3.05, 3.63) is 37.7 Å². The van der Waals surface area contributed by atoms with Crippen LogP contribution in [0, 0.1) is 13.8 Å². The van der Waals surface area contributed by atoms with E-state index in [0.717, 1.165) is 25.1 Å². The van der Waals surface area contributed by atoms with Gasteiger partial charge in [-0.3, -0.25) is 4.68 Å². The van der Waals surface area contributed by atoms with Crippen LogP contribution >= 0.6 is 27.3 Å². The summed E-state index contributed by atoms with van der Waals surface area (Å²) in [5.41, 5.74) is 3.81. The summed E-state index contributed by atoms with van der Waals surface area (Å²) in [5.74, 6) is 0. The number of aromatic nitrogens is 2. The van der Waals surface area contributed by atoms with Crippen molar-refractivity contribution in [1.82, 2.24) is 15.1 Å². The van der Waals surface area contributed by atoms with Crippen molar-refractivity contribution in [3.63, 3.8) is 0 Å². The topological polar surface area (TPSA) is 29.9 Å². The summed E-state index contributed by atoms with van der Waals surface area (Å²) in [6.07, 6.45) is 2.09. The molecule has 2 heterocycles. The molecule has 0 aliphatic carbocycles. The summed E-state index contributed by atoms with van der Waals surface area (Å²) in [7, 11) is 2.02. The van der Waals surface area contributed by atoms with E-state index in [2.05, 4.69) is 58.6 Å². The Kier molecular flexibility index (Phi) is 5.41. The van der Waals surface area contributed by atoms with Crippen LogP contribution in [0.25, 0.3) is 0 Å². The fraction of sp³-hybridized carbons (Fsp3) is 0.533. The molecule has 0 spiro atoms. The molecule has 0 aromatic carbocycles. The Labute approximate surface area is 133 Å². The minimum absolute atomic E-state index is 0.455. The SMILES string of the molecule is CCNC(Cc1sccc1Br)Cc1c(C)nn(C)c1C. The van der Waals surface area contributed by atoms with Gasteiger partial charge in [0.05, 0.1) is 5.69 Å². The van der Waals surface area contributed by atoms with Crippen LogP contribution in [-0.4, -0.2) is 22.4 Å². The van der Waals surface area contributed by atoms with Crippen molar-refractivity contribution in [2.45, 2.75) is 39.7 Å². The van der Waals surface area contributed by atoms with E-state index < -0.39 is 0 Å². The average molecular weight is 356 g/mol. The molecule has 0 radical (unpaired) electrons. The third-order valence-electron chi connectivity index (χ3n) is 3.73. The third-order valence-corrected chi connectivity index (χ3v) is 5.67. The van der Waals surface area contributed by atoms with Crippen LogP contribution in [0.4, 0.5) is 0 Å². The number of halogens is 1. The molecule has 2 rings (SSSR count). The van der Waals surface area contributed by atoms with E-state index in [0.29, 0.717) is 6.04 Å². The number of nitrogens with one attached hydrogen (secondary N) is 1. The quantitative estimate of drug-likeness (QED) is 0.857. The molecule has 0 saturated heterocycles. The normalized spacial score (nSPS) is 12.8. The molecule has 0 aliphatic rings. The average Bonchev–Trinajstić information content (AvgIpc) is 2.89. The highest BCUT2D eigenvalue weighted by molar-refractivity contribution is 9.10. The van der Waals surface area contributed by atoms with Crippen molar-refractivity contribution < 1.29 is 0 Å². The van der Waals surface area contributed by atoms with Crippen molar-refractivity contribution in [2.24, 2.45) is 7.05 Å². The van der Waals surface area contributed by atoms with Crippen LogP contribution in [-0.2, 0) is 19.9 Å². The van der Waals surface area contributed by atoms with E-state index in [1.165, 1.54) is 20.6 Å². The number of rotatable bonds is 6. The van der Waals surface area contributed by atoms with Crippen LogP contribution in [0.15, 0.2) is 15.9 Å². The monoisotopic (exact) mass is 355 g/mol. The molecule has 1 N–H and O–H groups in total. The fourth-order valence-corrected chi connectivity index (χ4v) is 4.15. The first kappa shape index (κ1) is 15.7. The first-order chi connectivity index (χ1) is 9.52. The van der Waals surface area contributed by atoms with E-state index in [4.69, 9.17) is 0 Å². The molecule has 0 bridgehead atoms. The molecule has 5 heteroatoms. The van der Waals surface area contributed by atoms with Gasteiger partial charge in [0.25, 0.3) is 0 Å². The summed E-state index contributed by atoms with van der Waals surface area (Å²) >= 11 is 5.45. The Morgan fingerprint density at radius 2 is 2.15 bits per heavy atom. The minimum atomic E-state index is 0.455. The predicted octanol–water partition coefficient (Wildman–Crippen LogP) is 3.62. The Bertz CT molecular complexity index is 574.